The maximum absolute atomic E-state index is 12.0. The van der Waals surface area contributed by atoms with Crippen LogP contribution in [0.5, 0.6) is 0 Å². The summed E-state index contributed by atoms with van der Waals surface area (Å²) in [6.45, 7) is 3.40. The summed E-state index contributed by atoms with van der Waals surface area (Å²) in [5.41, 5.74) is 6.01. The molecule has 5 nitrogen and oxygen atoms in total. The molecule has 0 heterocycles. The number of methoxy groups -OCH3 is 1. The SMILES string of the molecule is COC(C)(C)/C=C(\N)C(=O)N[C@H](CO)c1ccccc1. The molecule has 1 rings (SSSR count). The van der Waals surface area contributed by atoms with Gasteiger partial charge in [-0.2, -0.15) is 0 Å². The average molecular weight is 278 g/mol. The highest BCUT2D eigenvalue weighted by Crippen LogP contribution is 2.14. The van der Waals surface area contributed by atoms with Gasteiger partial charge in [0.2, 0.25) is 0 Å². The molecule has 1 amide bonds. The van der Waals surface area contributed by atoms with Gasteiger partial charge in [0.25, 0.3) is 5.91 Å². The van der Waals surface area contributed by atoms with E-state index in [9.17, 15) is 9.90 Å². The Morgan fingerprint density at radius 2 is 2.05 bits per heavy atom. The lowest BCUT2D eigenvalue weighted by Crippen LogP contribution is -2.35. The van der Waals surface area contributed by atoms with Crippen molar-refractivity contribution in [2.24, 2.45) is 5.73 Å². The highest BCUT2D eigenvalue weighted by Gasteiger charge is 2.19. The van der Waals surface area contributed by atoms with Crippen LogP contribution >= 0.6 is 0 Å². The second-order valence-corrected chi connectivity index (χ2v) is 5.03. The Hall–Kier alpha value is -1.85. The van der Waals surface area contributed by atoms with Crippen LogP contribution in [-0.4, -0.2) is 30.3 Å². The van der Waals surface area contributed by atoms with Crippen LogP contribution in [0, 0.1) is 0 Å². The number of nitrogens with one attached hydrogen (secondary N) is 1. The predicted octanol–water partition coefficient (Wildman–Crippen LogP) is 1.10. The summed E-state index contributed by atoms with van der Waals surface area (Å²) in [7, 11) is 1.54. The van der Waals surface area contributed by atoms with Gasteiger partial charge in [0, 0.05) is 7.11 Å². The molecule has 0 bridgehead atoms. The molecule has 0 radical (unpaired) electrons. The maximum Gasteiger partial charge on any atom is 0.267 e. The molecule has 1 atom stereocenters. The molecule has 5 heteroatoms. The fourth-order valence-corrected chi connectivity index (χ4v) is 1.66. The predicted molar refractivity (Wildman–Crippen MR) is 77.8 cm³/mol. The van der Waals surface area contributed by atoms with Gasteiger partial charge in [0.15, 0.2) is 0 Å². The molecule has 0 aromatic heterocycles. The first-order valence-electron chi connectivity index (χ1n) is 6.40. The highest BCUT2D eigenvalue weighted by atomic mass is 16.5. The number of aliphatic hydroxyl groups excluding tert-OH is 1. The molecular formula is C15H22N2O3. The van der Waals surface area contributed by atoms with Crippen LogP contribution in [0.25, 0.3) is 0 Å². The van der Waals surface area contributed by atoms with Crippen molar-refractivity contribution in [2.45, 2.75) is 25.5 Å². The topological polar surface area (TPSA) is 84.6 Å². The van der Waals surface area contributed by atoms with Crippen molar-refractivity contribution in [3.8, 4) is 0 Å². The molecule has 0 fully saturated rings. The number of nitrogens with two attached hydrogens (primary N) is 1. The number of benzene rings is 1. The van der Waals surface area contributed by atoms with E-state index >= 15 is 0 Å². The van der Waals surface area contributed by atoms with Crippen LogP contribution in [0.15, 0.2) is 42.1 Å². The van der Waals surface area contributed by atoms with Gasteiger partial charge in [0.05, 0.1) is 23.9 Å². The molecular weight excluding hydrogens is 256 g/mol. The van der Waals surface area contributed by atoms with Gasteiger partial charge in [-0.05, 0) is 25.5 Å². The van der Waals surface area contributed by atoms with E-state index in [1.54, 1.807) is 27.0 Å². The second kappa shape index (κ2) is 7.07. The van der Waals surface area contributed by atoms with E-state index in [-0.39, 0.29) is 12.3 Å². The Kier molecular flexibility index (Phi) is 5.73. The van der Waals surface area contributed by atoms with Gasteiger partial charge >= 0.3 is 0 Å². The Balaban J connectivity index is 2.79. The maximum atomic E-state index is 12.0. The lowest BCUT2D eigenvalue weighted by atomic mass is 10.1. The van der Waals surface area contributed by atoms with Crippen LogP contribution in [0.3, 0.4) is 0 Å². The summed E-state index contributed by atoms with van der Waals surface area (Å²) >= 11 is 0. The molecule has 0 saturated heterocycles. The number of aliphatic hydroxyl groups is 1. The standard InChI is InChI=1S/C15H22N2O3/c1-15(2,20-3)9-12(16)14(19)17-13(10-18)11-7-5-4-6-8-11/h4-9,13,18H,10,16H2,1-3H3,(H,17,19)/b12-9-/t13-/m1/s1. The van der Waals surface area contributed by atoms with Gasteiger partial charge in [-0.25, -0.2) is 0 Å². The minimum Gasteiger partial charge on any atom is -0.394 e. The number of ether oxygens (including phenoxy) is 1. The Morgan fingerprint density at radius 3 is 2.55 bits per heavy atom. The smallest absolute Gasteiger partial charge is 0.267 e. The summed E-state index contributed by atoms with van der Waals surface area (Å²) in [5, 5.41) is 12.1. The van der Waals surface area contributed by atoms with E-state index in [4.69, 9.17) is 10.5 Å². The van der Waals surface area contributed by atoms with E-state index in [1.807, 2.05) is 30.3 Å². The van der Waals surface area contributed by atoms with E-state index < -0.39 is 17.6 Å². The molecule has 0 spiro atoms. The summed E-state index contributed by atoms with van der Waals surface area (Å²) in [5.74, 6) is -0.432. The van der Waals surface area contributed by atoms with Crippen LogP contribution in [0.1, 0.15) is 25.5 Å². The van der Waals surface area contributed by atoms with Gasteiger partial charge in [-0.1, -0.05) is 30.3 Å². The minimum atomic E-state index is -0.622. The minimum absolute atomic E-state index is 0.0613. The Bertz CT molecular complexity index is 469. The number of carbonyl (C=O) groups is 1. The third kappa shape index (κ3) is 4.68. The Labute approximate surface area is 119 Å². The molecule has 4 N–H and O–H groups in total. The van der Waals surface area contributed by atoms with Gasteiger partial charge < -0.3 is 20.9 Å². The first-order valence-corrected chi connectivity index (χ1v) is 6.40. The zero-order valence-electron chi connectivity index (χ0n) is 12.1. The lowest BCUT2D eigenvalue weighted by molar-refractivity contribution is -0.118. The lowest BCUT2D eigenvalue weighted by Gasteiger charge is -2.20. The number of carbonyl (C=O) groups excluding carboxylic acids is 1. The summed E-state index contributed by atoms with van der Waals surface area (Å²) < 4.78 is 5.19. The fraction of sp³-hybridized carbons (Fsp3) is 0.400. The number of hydrogen-bond acceptors (Lipinski definition) is 4. The molecule has 20 heavy (non-hydrogen) atoms. The van der Waals surface area contributed by atoms with Crippen molar-refractivity contribution in [1.82, 2.24) is 5.32 Å². The molecule has 1 aromatic rings. The summed E-state index contributed by atoms with van der Waals surface area (Å²) in [6, 6.07) is 8.74. The van der Waals surface area contributed by atoms with Crippen molar-refractivity contribution in [1.29, 1.82) is 0 Å². The normalized spacial score (nSPS) is 13.9. The zero-order chi connectivity index (χ0) is 15.2. The third-order valence-corrected chi connectivity index (χ3v) is 2.98. The van der Waals surface area contributed by atoms with Crippen LogP contribution in [-0.2, 0) is 9.53 Å². The van der Waals surface area contributed by atoms with Crippen molar-refractivity contribution >= 4 is 5.91 Å². The first-order chi connectivity index (χ1) is 9.39. The molecule has 0 unspecified atom stereocenters. The van der Waals surface area contributed by atoms with Crippen molar-refractivity contribution < 1.29 is 14.6 Å². The van der Waals surface area contributed by atoms with Crippen LogP contribution in [0.2, 0.25) is 0 Å². The number of amides is 1. The Morgan fingerprint density at radius 1 is 1.45 bits per heavy atom. The van der Waals surface area contributed by atoms with Crippen LogP contribution in [0.4, 0.5) is 0 Å². The quantitative estimate of drug-likeness (QED) is 0.680. The monoisotopic (exact) mass is 278 g/mol. The van der Waals surface area contributed by atoms with Gasteiger partial charge in [-0.15, -0.1) is 0 Å². The van der Waals surface area contributed by atoms with E-state index in [0.29, 0.717) is 0 Å². The summed E-state index contributed by atoms with van der Waals surface area (Å²) in [6.07, 6.45) is 1.54. The highest BCUT2D eigenvalue weighted by molar-refractivity contribution is 5.92. The van der Waals surface area contributed by atoms with E-state index in [1.165, 1.54) is 0 Å². The third-order valence-electron chi connectivity index (χ3n) is 2.98. The van der Waals surface area contributed by atoms with Crippen molar-refractivity contribution in [2.75, 3.05) is 13.7 Å². The van der Waals surface area contributed by atoms with Crippen molar-refractivity contribution in [3.63, 3.8) is 0 Å². The van der Waals surface area contributed by atoms with Gasteiger partial charge in [0.1, 0.15) is 0 Å². The molecule has 0 aliphatic heterocycles. The first kappa shape index (κ1) is 16.2. The summed E-state index contributed by atoms with van der Waals surface area (Å²) in [4.78, 5) is 12.0. The molecule has 110 valence electrons. The van der Waals surface area contributed by atoms with E-state index in [0.717, 1.165) is 5.56 Å². The van der Waals surface area contributed by atoms with Crippen LogP contribution < -0.4 is 11.1 Å². The largest absolute Gasteiger partial charge is 0.394 e. The molecule has 0 aliphatic rings. The molecule has 0 aliphatic carbocycles. The van der Waals surface area contributed by atoms with E-state index in [2.05, 4.69) is 5.32 Å². The van der Waals surface area contributed by atoms with Crippen molar-refractivity contribution in [3.05, 3.63) is 47.7 Å². The average Bonchev–Trinajstić information content (AvgIpc) is 2.44. The fourth-order valence-electron chi connectivity index (χ4n) is 1.66. The van der Waals surface area contributed by atoms with Gasteiger partial charge in [-0.3, -0.25) is 4.79 Å². The molecule has 0 saturated carbocycles. The number of rotatable bonds is 6. The molecule has 1 aromatic carbocycles. The second-order valence-electron chi connectivity index (χ2n) is 5.03. The zero-order valence-corrected chi connectivity index (χ0v) is 12.1. The number of hydrogen-bond donors (Lipinski definition) is 3.